The van der Waals surface area contributed by atoms with E-state index in [0.29, 0.717) is 23.1 Å². The maximum Gasteiger partial charge on any atom is 0.218 e. The fraction of sp³-hybridized carbons (Fsp3) is 0.636. The number of rotatable bonds is 3. The van der Waals surface area contributed by atoms with E-state index in [1.165, 1.54) is 19.3 Å². The Hall–Kier alpha value is -0.830. The van der Waals surface area contributed by atoms with Gasteiger partial charge in [0.2, 0.25) is 5.88 Å². The first-order chi connectivity index (χ1) is 7.31. The van der Waals surface area contributed by atoms with Crippen LogP contribution in [0.4, 0.5) is 0 Å². The van der Waals surface area contributed by atoms with Crippen LogP contribution < -0.4 is 4.74 Å². The molecule has 0 aromatic carbocycles. The first kappa shape index (κ1) is 9.40. The summed E-state index contributed by atoms with van der Waals surface area (Å²) in [4.78, 5) is 8.62. The molecular formula is C11H13ClN2O. The van der Waals surface area contributed by atoms with Gasteiger partial charge in [0.05, 0.1) is 0 Å². The van der Waals surface area contributed by atoms with Crippen LogP contribution in [0.2, 0.25) is 5.15 Å². The van der Waals surface area contributed by atoms with Crippen LogP contribution in [0.3, 0.4) is 0 Å². The zero-order valence-electron chi connectivity index (χ0n) is 8.45. The van der Waals surface area contributed by atoms with Gasteiger partial charge in [0.1, 0.15) is 17.1 Å². The molecule has 80 valence electrons. The number of ether oxygens (including phenoxy) is 1. The molecule has 2 fully saturated rings. The molecule has 2 saturated carbocycles. The van der Waals surface area contributed by atoms with Crippen LogP contribution in [0, 0.1) is 0 Å². The molecule has 0 aliphatic heterocycles. The van der Waals surface area contributed by atoms with Crippen molar-refractivity contribution in [1.82, 2.24) is 9.97 Å². The minimum absolute atomic E-state index is 0.350. The zero-order valence-corrected chi connectivity index (χ0v) is 9.20. The molecule has 0 saturated heterocycles. The smallest absolute Gasteiger partial charge is 0.218 e. The molecule has 0 amide bonds. The molecule has 0 N–H and O–H groups in total. The Morgan fingerprint density at radius 3 is 2.60 bits per heavy atom. The van der Waals surface area contributed by atoms with Gasteiger partial charge in [-0.15, -0.1) is 0 Å². The minimum atomic E-state index is 0.350. The van der Waals surface area contributed by atoms with Gasteiger partial charge in [0.25, 0.3) is 0 Å². The standard InChI is InChI=1S/C11H13ClN2O/c12-9-6-10(15-8-2-1-3-8)14-11(13-9)7-4-5-7/h6-8H,1-5H2. The molecule has 0 radical (unpaired) electrons. The maximum absolute atomic E-state index is 5.94. The third kappa shape index (κ3) is 2.07. The van der Waals surface area contributed by atoms with E-state index in [9.17, 15) is 0 Å². The molecule has 1 heterocycles. The molecule has 3 nitrogen and oxygen atoms in total. The van der Waals surface area contributed by atoms with E-state index in [0.717, 1.165) is 18.7 Å². The molecule has 15 heavy (non-hydrogen) atoms. The summed E-state index contributed by atoms with van der Waals surface area (Å²) >= 11 is 5.94. The summed E-state index contributed by atoms with van der Waals surface area (Å²) in [5.41, 5.74) is 0. The first-order valence-electron chi connectivity index (χ1n) is 5.52. The predicted molar refractivity (Wildman–Crippen MR) is 57.3 cm³/mol. The van der Waals surface area contributed by atoms with Gasteiger partial charge in [-0.2, -0.15) is 4.98 Å². The Morgan fingerprint density at radius 2 is 2.00 bits per heavy atom. The van der Waals surface area contributed by atoms with E-state index in [4.69, 9.17) is 16.3 Å². The quantitative estimate of drug-likeness (QED) is 0.741. The number of nitrogens with zero attached hydrogens (tertiary/aromatic N) is 2. The van der Waals surface area contributed by atoms with Crippen molar-refractivity contribution in [2.45, 2.75) is 44.1 Å². The maximum atomic E-state index is 5.94. The molecule has 4 heteroatoms. The van der Waals surface area contributed by atoms with E-state index in [2.05, 4.69) is 9.97 Å². The molecule has 0 atom stereocenters. The molecule has 2 aliphatic rings. The van der Waals surface area contributed by atoms with Crippen molar-refractivity contribution in [2.75, 3.05) is 0 Å². The van der Waals surface area contributed by atoms with Crippen molar-refractivity contribution in [2.24, 2.45) is 0 Å². The second-order valence-electron chi connectivity index (χ2n) is 4.33. The van der Waals surface area contributed by atoms with Crippen LogP contribution >= 0.6 is 11.6 Å². The molecule has 1 aromatic heterocycles. The third-order valence-electron chi connectivity index (χ3n) is 2.97. The molecule has 0 bridgehead atoms. The summed E-state index contributed by atoms with van der Waals surface area (Å²) in [7, 11) is 0. The number of aromatic nitrogens is 2. The highest BCUT2D eigenvalue weighted by Gasteiger charge is 2.28. The average molecular weight is 225 g/mol. The van der Waals surface area contributed by atoms with Gasteiger partial charge in [-0.25, -0.2) is 4.98 Å². The van der Waals surface area contributed by atoms with Gasteiger partial charge >= 0.3 is 0 Å². The Balaban J connectivity index is 1.79. The molecule has 2 aliphatic carbocycles. The average Bonchev–Trinajstić information content (AvgIpc) is 2.93. The zero-order chi connectivity index (χ0) is 10.3. The summed E-state index contributed by atoms with van der Waals surface area (Å²) in [6.45, 7) is 0. The van der Waals surface area contributed by atoms with Gasteiger partial charge in [0, 0.05) is 12.0 Å². The summed E-state index contributed by atoms with van der Waals surface area (Å²) in [5, 5.41) is 0.501. The van der Waals surface area contributed by atoms with Crippen LogP contribution in [0.1, 0.15) is 43.8 Å². The van der Waals surface area contributed by atoms with Crippen LogP contribution in [0.25, 0.3) is 0 Å². The molecule has 1 aromatic rings. The summed E-state index contributed by atoms with van der Waals surface area (Å²) < 4.78 is 5.71. The Kier molecular flexibility index (Phi) is 2.28. The molecular weight excluding hydrogens is 212 g/mol. The van der Waals surface area contributed by atoms with E-state index >= 15 is 0 Å². The monoisotopic (exact) mass is 224 g/mol. The second kappa shape index (κ2) is 3.63. The van der Waals surface area contributed by atoms with Gasteiger partial charge in [-0.3, -0.25) is 0 Å². The highest BCUT2D eigenvalue weighted by Crippen LogP contribution is 2.39. The summed E-state index contributed by atoms with van der Waals surface area (Å²) in [5.74, 6) is 2.03. The fourth-order valence-corrected chi connectivity index (χ4v) is 1.84. The van der Waals surface area contributed by atoms with Crippen molar-refractivity contribution in [3.63, 3.8) is 0 Å². The van der Waals surface area contributed by atoms with Crippen molar-refractivity contribution in [3.8, 4) is 5.88 Å². The van der Waals surface area contributed by atoms with Crippen molar-refractivity contribution < 1.29 is 4.74 Å². The lowest BCUT2D eigenvalue weighted by Gasteiger charge is -2.25. The van der Waals surface area contributed by atoms with Crippen LogP contribution in [-0.4, -0.2) is 16.1 Å². The van der Waals surface area contributed by atoms with E-state index in [1.807, 2.05) is 0 Å². The lowest BCUT2D eigenvalue weighted by molar-refractivity contribution is 0.114. The number of hydrogen-bond donors (Lipinski definition) is 0. The highest BCUT2D eigenvalue weighted by atomic mass is 35.5. The van der Waals surface area contributed by atoms with Gasteiger partial charge in [-0.05, 0) is 32.1 Å². The Bertz CT molecular complexity index is 375. The lowest BCUT2D eigenvalue weighted by Crippen LogP contribution is -2.25. The van der Waals surface area contributed by atoms with Crippen molar-refractivity contribution >= 4 is 11.6 Å². The van der Waals surface area contributed by atoms with Gasteiger partial charge < -0.3 is 4.74 Å². The van der Waals surface area contributed by atoms with Crippen molar-refractivity contribution in [3.05, 3.63) is 17.0 Å². The summed E-state index contributed by atoms with van der Waals surface area (Å²) in [6.07, 6.45) is 6.26. The van der Waals surface area contributed by atoms with E-state index in [-0.39, 0.29) is 0 Å². The largest absolute Gasteiger partial charge is 0.474 e. The second-order valence-corrected chi connectivity index (χ2v) is 4.72. The highest BCUT2D eigenvalue weighted by molar-refractivity contribution is 6.29. The lowest BCUT2D eigenvalue weighted by atomic mass is 9.96. The summed E-state index contributed by atoms with van der Waals surface area (Å²) in [6, 6.07) is 1.71. The predicted octanol–water partition coefficient (Wildman–Crippen LogP) is 2.94. The molecule has 0 spiro atoms. The van der Waals surface area contributed by atoms with Crippen molar-refractivity contribution in [1.29, 1.82) is 0 Å². The van der Waals surface area contributed by atoms with Gasteiger partial charge in [0.15, 0.2) is 0 Å². The van der Waals surface area contributed by atoms with Crippen LogP contribution in [-0.2, 0) is 0 Å². The normalized spacial score (nSPS) is 21.1. The molecule has 0 unspecified atom stereocenters. The Morgan fingerprint density at radius 1 is 1.20 bits per heavy atom. The topological polar surface area (TPSA) is 35.0 Å². The van der Waals surface area contributed by atoms with Crippen LogP contribution in [0.5, 0.6) is 5.88 Å². The first-order valence-corrected chi connectivity index (χ1v) is 5.90. The van der Waals surface area contributed by atoms with E-state index in [1.54, 1.807) is 6.07 Å². The van der Waals surface area contributed by atoms with Gasteiger partial charge in [-0.1, -0.05) is 11.6 Å². The third-order valence-corrected chi connectivity index (χ3v) is 3.16. The number of hydrogen-bond acceptors (Lipinski definition) is 3. The fourth-order valence-electron chi connectivity index (χ4n) is 1.66. The molecule has 3 rings (SSSR count). The Labute approximate surface area is 93.8 Å². The van der Waals surface area contributed by atoms with Crippen LogP contribution in [0.15, 0.2) is 6.07 Å². The minimum Gasteiger partial charge on any atom is -0.474 e. The SMILES string of the molecule is Clc1cc(OC2CCC2)nc(C2CC2)n1. The number of halogens is 1. The van der Waals surface area contributed by atoms with E-state index < -0.39 is 0 Å².